The Morgan fingerprint density at radius 1 is 1.16 bits per heavy atom. The number of terminal acetylenes is 1. The lowest BCUT2D eigenvalue weighted by atomic mass is 10.0. The van der Waals surface area contributed by atoms with Crippen LogP contribution in [-0.4, -0.2) is 21.5 Å². The summed E-state index contributed by atoms with van der Waals surface area (Å²) in [6.07, 6.45) is 9.26. The summed E-state index contributed by atoms with van der Waals surface area (Å²) in [6.45, 7) is 0.368. The lowest BCUT2D eigenvalue weighted by Gasteiger charge is -2.09. The predicted octanol–water partition coefficient (Wildman–Crippen LogP) is 3.12. The minimum absolute atomic E-state index is 0.0442. The monoisotopic (exact) mass is 333 g/mol. The normalized spacial score (nSPS) is 13.9. The highest BCUT2D eigenvalue weighted by Gasteiger charge is 2.39. The number of nitrogens with zero attached hydrogens (tertiary/aromatic N) is 4. The largest absolute Gasteiger partial charge is 0.350 e. The standard InChI is InChI=1S/C19H19N5O/c1-2-3-11-19(23-24-19)12-9-17(25)21-14-16-10-13-20-18(22-16)15-7-5-4-6-8-15/h1,4-8,10,13H,3,9,11-12,14H2,(H,21,25). The van der Waals surface area contributed by atoms with Crippen LogP contribution in [0, 0.1) is 12.3 Å². The quantitative estimate of drug-likeness (QED) is 0.754. The SMILES string of the molecule is C#CCCC1(CCC(=O)NCc2ccnc(-c3ccccc3)n2)N=N1. The van der Waals surface area contributed by atoms with E-state index in [1.54, 1.807) is 12.3 Å². The molecule has 0 unspecified atom stereocenters. The molecule has 126 valence electrons. The Morgan fingerprint density at radius 2 is 1.96 bits per heavy atom. The van der Waals surface area contributed by atoms with Gasteiger partial charge in [0, 0.05) is 37.4 Å². The van der Waals surface area contributed by atoms with E-state index < -0.39 is 5.66 Å². The highest BCUT2D eigenvalue weighted by Crippen LogP contribution is 2.37. The summed E-state index contributed by atoms with van der Waals surface area (Å²) in [5.41, 5.74) is 1.30. The molecule has 1 amide bonds. The Bertz CT molecular complexity index is 804. The maximum absolute atomic E-state index is 12.0. The maximum Gasteiger partial charge on any atom is 0.220 e. The van der Waals surface area contributed by atoms with Crippen molar-refractivity contribution in [3.05, 3.63) is 48.3 Å². The van der Waals surface area contributed by atoms with Crippen molar-refractivity contribution in [1.82, 2.24) is 15.3 Å². The molecule has 0 spiro atoms. The molecule has 1 aromatic carbocycles. The Kier molecular flexibility index (Phi) is 5.14. The molecule has 25 heavy (non-hydrogen) atoms. The first-order valence-electron chi connectivity index (χ1n) is 8.22. The van der Waals surface area contributed by atoms with Gasteiger partial charge in [-0.15, -0.1) is 12.3 Å². The number of nitrogens with one attached hydrogen (secondary N) is 1. The molecular weight excluding hydrogens is 314 g/mol. The van der Waals surface area contributed by atoms with E-state index >= 15 is 0 Å². The van der Waals surface area contributed by atoms with Crippen LogP contribution in [0.25, 0.3) is 11.4 Å². The van der Waals surface area contributed by atoms with Crippen molar-refractivity contribution in [2.45, 2.75) is 37.9 Å². The van der Waals surface area contributed by atoms with Gasteiger partial charge in [-0.3, -0.25) is 4.79 Å². The van der Waals surface area contributed by atoms with Crippen molar-refractivity contribution in [2.75, 3.05) is 0 Å². The molecule has 2 heterocycles. The second-order valence-electron chi connectivity index (χ2n) is 5.90. The molecule has 0 atom stereocenters. The minimum atomic E-state index is -0.418. The van der Waals surface area contributed by atoms with Crippen molar-refractivity contribution in [3.63, 3.8) is 0 Å². The lowest BCUT2D eigenvalue weighted by Crippen LogP contribution is -2.25. The Balaban J connectivity index is 1.49. The number of carbonyl (C=O) groups is 1. The van der Waals surface area contributed by atoms with Gasteiger partial charge in [0.1, 0.15) is 0 Å². The third-order valence-corrected chi connectivity index (χ3v) is 4.02. The lowest BCUT2D eigenvalue weighted by molar-refractivity contribution is -0.121. The zero-order valence-corrected chi connectivity index (χ0v) is 13.9. The Hall–Kier alpha value is -3.07. The molecule has 1 aromatic heterocycles. The fourth-order valence-corrected chi connectivity index (χ4v) is 2.48. The second-order valence-corrected chi connectivity index (χ2v) is 5.90. The summed E-state index contributed by atoms with van der Waals surface area (Å²) >= 11 is 0. The molecule has 0 saturated carbocycles. The highest BCUT2D eigenvalue weighted by molar-refractivity contribution is 5.76. The van der Waals surface area contributed by atoms with E-state index in [0.29, 0.717) is 38.1 Å². The Morgan fingerprint density at radius 3 is 2.68 bits per heavy atom. The average Bonchev–Trinajstić information content (AvgIpc) is 3.44. The molecule has 6 nitrogen and oxygen atoms in total. The molecule has 0 fully saturated rings. The summed E-state index contributed by atoms with van der Waals surface area (Å²) in [6, 6.07) is 11.5. The number of hydrogen-bond acceptors (Lipinski definition) is 5. The van der Waals surface area contributed by atoms with E-state index in [9.17, 15) is 4.79 Å². The zero-order chi connectivity index (χ0) is 17.5. The first kappa shape index (κ1) is 16.8. The van der Waals surface area contributed by atoms with Crippen molar-refractivity contribution < 1.29 is 4.79 Å². The number of aromatic nitrogens is 2. The summed E-state index contributed by atoms with van der Waals surface area (Å²) in [4.78, 5) is 20.8. The second kappa shape index (κ2) is 7.67. The van der Waals surface area contributed by atoms with Crippen molar-refractivity contribution >= 4 is 5.91 Å². The van der Waals surface area contributed by atoms with Crippen LogP contribution in [0.1, 0.15) is 31.4 Å². The number of carbonyl (C=O) groups excluding carboxylic acids is 1. The Labute approximate surface area is 146 Å². The number of rotatable bonds is 8. The van der Waals surface area contributed by atoms with Crippen LogP contribution in [0.2, 0.25) is 0 Å². The van der Waals surface area contributed by atoms with Gasteiger partial charge in [0.2, 0.25) is 5.91 Å². The fraction of sp³-hybridized carbons (Fsp3) is 0.316. The third-order valence-electron chi connectivity index (χ3n) is 4.02. The van der Waals surface area contributed by atoms with Gasteiger partial charge in [-0.25, -0.2) is 9.97 Å². The summed E-state index contributed by atoms with van der Waals surface area (Å²) in [7, 11) is 0. The van der Waals surface area contributed by atoms with Gasteiger partial charge in [-0.05, 0) is 6.07 Å². The van der Waals surface area contributed by atoms with Gasteiger partial charge in [0.25, 0.3) is 0 Å². The zero-order valence-electron chi connectivity index (χ0n) is 13.9. The van der Waals surface area contributed by atoms with Crippen LogP contribution < -0.4 is 5.32 Å². The molecule has 0 saturated heterocycles. The fourth-order valence-electron chi connectivity index (χ4n) is 2.48. The van der Waals surface area contributed by atoms with Gasteiger partial charge in [0.05, 0.1) is 12.2 Å². The van der Waals surface area contributed by atoms with E-state index in [1.807, 2.05) is 30.3 Å². The van der Waals surface area contributed by atoms with E-state index in [0.717, 1.165) is 11.3 Å². The van der Waals surface area contributed by atoms with E-state index in [4.69, 9.17) is 6.42 Å². The molecule has 0 bridgehead atoms. The highest BCUT2D eigenvalue weighted by atomic mass is 16.1. The van der Waals surface area contributed by atoms with Crippen LogP contribution in [0.15, 0.2) is 52.8 Å². The van der Waals surface area contributed by atoms with Crippen molar-refractivity contribution in [2.24, 2.45) is 10.2 Å². The first-order valence-corrected chi connectivity index (χ1v) is 8.22. The summed E-state index contributed by atoms with van der Waals surface area (Å²) in [5, 5.41) is 11.0. The average molecular weight is 333 g/mol. The topological polar surface area (TPSA) is 79.6 Å². The minimum Gasteiger partial charge on any atom is -0.350 e. The number of amides is 1. The summed E-state index contributed by atoms with van der Waals surface area (Å²) < 4.78 is 0. The molecule has 0 radical (unpaired) electrons. The number of benzene rings is 1. The molecule has 1 aliphatic heterocycles. The van der Waals surface area contributed by atoms with Crippen LogP contribution >= 0.6 is 0 Å². The molecule has 2 aromatic rings. The van der Waals surface area contributed by atoms with Gasteiger partial charge in [0.15, 0.2) is 11.5 Å². The third kappa shape index (κ3) is 4.70. The maximum atomic E-state index is 12.0. The molecule has 1 aliphatic rings. The first-order chi connectivity index (χ1) is 12.2. The van der Waals surface area contributed by atoms with E-state index in [-0.39, 0.29) is 5.91 Å². The van der Waals surface area contributed by atoms with Crippen molar-refractivity contribution in [3.8, 4) is 23.7 Å². The van der Waals surface area contributed by atoms with Crippen LogP contribution in [-0.2, 0) is 11.3 Å². The van der Waals surface area contributed by atoms with Crippen LogP contribution in [0.4, 0.5) is 0 Å². The van der Waals surface area contributed by atoms with Crippen LogP contribution in [0.3, 0.4) is 0 Å². The van der Waals surface area contributed by atoms with Gasteiger partial charge < -0.3 is 5.32 Å². The smallest absolute Gasteiger partial charge is 0.220 e. The predicted molar refractivity (Wildman–Crippen MR) is 94.2 cm³/mol. The molecular formula is C19H19N5O. The summed E-state index contributed by atoms with van der Waals surface area (Å²) in [5.74, 6) is 3.19. The van der Waals surface area contributed by atoms with E-state index in [1.165, 1.54) is 0 Å². The van der Waals surface area contributed by atoms with E-state index in [2.05, 4.69) is 31.4 Å². The molecule has 6 heteroatoms. The van der Waals surface area contributed by atoms with Crippen LogP contribution in [0.5, 0.6) is 0 Å². The van der Waals surface area contributed by atoms with Gasteiger partial charge >= 0.3 is 0 Å². The van der Waals surface area contributed by atoms with Crippen molar-refractivity contribution in [1.29, 1.82) is 0 Å². The number of hydrogen-bond donors (Lipinski definition) is 1. The molecule has 1 N–H and O–H groups in total. The molecule has 3 rings (SSSR count). The van der Waals surface area contributed by atoms with Gasteiger partial charge in [-0.2, -0.15) is 10.2 Å². The van der Waals surface area contributed by atoms with Gasteiger partial charge in [-0.1, -0.05) is 30.3 Å². The molecule has 0 aliphatic carbocycles.